The molecule has 5 nitrogen and oxygen atoms in total. The molecule has 1 unspecified atom stereocenters. The van der Waals surface area contributed by atoms with Crippen LogP contribution < -0.4 is 4.74 Å². The van der Waals surface area contributed by atoms with Crippen LogP contribution in [0.5, 0.6) is 5.75 Å². The summed E-state index contributed by atoms with van der Waals surface area (Å²) in [6.45, 7) is -0.445. The van der Waals surface area contributed by atoms with Gasteiger partial charge in [-0.2, -0.15) is 0 Å². The first kappa shape index (κ1) is 14.7. The molecule has 2 aromatic carbocycles. The van der Waals surface area contributed by atoms with Crippen molar-refractivity contribution in [3.63, 3.8) is 0 Å². The van der Waals surface area contributed by atoms with Gasteiger partial charge < -0.3 is 14.9 Å². The third kappa shape index (κ3) is 3.90. The van der Waals surface area contributed by atoms with Crippen LogP contribution in [-0.2, 0) is 4.79 Å². The van der Waals surface area contributed by atoms with Gasteiger partial charge in [-0.05, 0) is 29.8 Å². The summed E-state index contributed by atoms with van der Waals surface area (Å²) in [6.07, 6.45) is -1.23. The third-order valence-electron chi connectivity index (χ3n) is 2.86. The molecule has 2 rings (SSSR count). The van der Waals surface area contributed by atoms with E-state index in [1.807, 2.05) is 0 Å². The highest BCUT2D eigenvalue weighted by atomic mass is 16.5. The number of aliphatic carboxylic acids is 1. The van der Waals surface area contributed by atoms with Gasteiger partial charge in [-0.3, -0.25) is 4.79 Å². The van der Waals surface area contributed by atoms with Gasteiger partial charge in [-0.1, -0.05) is 30.3 Å². The lowest BCUT2D eigenvalue weighted by molar-refractivity contribution is -0.139. The van der Waals surface area contributed by atoms with Gasteiger partial charge in [0, 0.05) is 5.56 Å². The first-order chi connectivity index (χ1) is 10.1. The summed E-state index contributed by atoms with van der Waals surface area (Å²) in [5.41, 5.74) is 0.850. The smallest absolute Gasteiger partial charge is 0.341 e. The standard InChI is InChI=1S/C16H14O5/c17-14(18)10-21-13-8-6-12(7-9-13)16(20)15(19)11-4-2-1-3-5-11/h1-9,15,19H,10H2,(H,17,18). The summed E-state index contributed by atoms with van der Waals surface area (Å²) < 4.78 is 4.97. The zero-order valence-electron chi connectivity index (χ0n) is 11.1. The minimum atomic E-state index is -1.23. The summed E-state index contributed by atoms with van der Waals surface area (Å²) in [5.74, 6) is -1.15. The minimum absolute atomic E-state index is 0.328. The molecule has 2 N–H and O–H groups in total. The lowest BCUT2D eigenvalue weighted by Crippen LogP contribution is -2.12. The maximum absolute atomic E-state index is 12.1. The van der Waals surface area contributed by atoms with Crippen LogP contribution in [0, 0.1) is 0 Å². The topological polar surface area (TPSA) is 83.8 Å². The van der Waals surface area contributed by atoms with E-state index in [-0.39, 0.29) is 0 Å². The first-order valence-electron chi connectivity index (χ1n) is 6.30. The zero-order valence-corrected chi connectivity index (χ0v) is 11.1. The van der Waals surface area contributed by atoms with Crippen LogP contribution in [0.3, 0.4) is 0 Å². The third-order valence-corrected chi connectivity index (χ3v) is 2.86. The number of hydrogen-bond donors (Lipinski definition) is 2. The molecule has 108 valence electrons. The van der Waals surface area contributed by atoms with Crippen LogP contribution >= 0.6 is 0 Å². The predicted molar refractivity (Wildman–Crippen MR) is 75.3 cm³/mol. The Hall–Kier alpha value is -2.66. The summed E-state index contributed by atoms with van der Waals surface area (Å²) in [7, 11) is 0. The van der Waals surface area contributed by atoms with Crippen molar-refractivity contribution in [1.82, 2.24) is 0 Å². The molecule has 0 fully saturated rings. The molecule has 2 aromatic rings. The van der Waals surface area contributed by atoms with E-state index in [1.54, 1.807) is 30.3 Å². The van der Waals surface area contributed by atoms with E-state index < -0.39 is 24.5 Å². The number of hydrogen-bond acceptors (Lipinski definition) is 4. The molecule has 0 heterocycles. The van der Waals surface area contributed by atoms with E-state index in [0.29, 0.717) is 16.9 Å². The molecule has 0 radical (unpaired) electrons. The Balaban J connectivity index is 2.08. The van der Waals surface area contributed by atoms with E-state index in [4.69, 9.17) is 9.84 Å². The molecule has 0 aliphatic rings. The predicted octanol–water partition coefficient (Wildman–Crippen LogP) is 2.07. The fourth-order valence-electron chi connectivity index (χ4n) is 1.81. The fourth-order valence-corrected chi connectivity index (χ4v) is 1.81. The highest BCUT2D eigenvalue weighted by molar-refractivity contribution is 5.99. The molecule has 0 bridgehead atoms. The van der Waals surface area contributed by atoms with Gasteiger partial charge in [-0.15, -0.1) is 0 Å². The van der Waals surface area contributed by atoms with Crippen molar-refractivity contribution in [3.8, 4) is 5.75 Å². The van der Waals surface area contributed by atoms with Gasteiger partial charge in [0.25, 0.3) is 0 Å². The Morgan fingerprint density at radius 2 is 1.62 bits per heavy atom. The number of rotatable bonds is 6. The fraction of sp³-hybridized carbons (Fsp3) is 0.125. The van der Waals surface area contributed by atoms with Crippen LogP contribution in [0.1, 0.15) is 22.0 Å². The van der Waals surface area contributed by atoms with Gasteiger partial charge in [0.1, 0.15) is 11.9 Å². The SMILES string of the molecule is O=C(O)COc1ccc(C(=O)C(O)c2ccccc2)cc1. The Morgan fingerprint density at radius 3 is 2.19 bits per heavy atom. The second-order valence-electron chi connectivity index (χ2n) is 4.38. The van der Waals surface area contributed by atoms with E-state index in [1.165, 1.54) is 24.3 Å². The molecule has 0 spiro atoms. The second kappa shape index (κ2) is 6.67. The maximum Gasteiger partial charge on any atom is 0.341 e. The van der Waals surface area contributed by atoms with E-state index >= 15 is 0 Å². The molecule has 0 saturated heterocycles. The molecular weight excluding hydrogens is 272 g/mol. The Bertz CT molecular complexity index is 619. The molecule has 5 heteroatoms. The Morgan fingerprint density at radius 1 is 1.00 bits per heavy atom. The van der Waals surface area contributed by atoms with Crippen molar-refractivity contribution in [2.45, 2.75) is 6.10 Å². The van der Waals surface area contributed by atoms with E-state index in [0.717, 1.165) is 0 Å². The van der Waals surface area contributed by atoms with Crippen LogP contribution in [-0.4, -0.2) is 28.6 Å². The zero-order chi connectivity index (χ0) is 15.2. The quantitative estimate of drug-likeness (QED) is 0.794. The number of carbonyl (C=O) groups is 2. The van der Waals surface area contributed by atoms with Gasteiger partial charge >= 0.3 is 5.97 Å². The van der Waals surface area contributed by atoms with Gasteiger partial charge in [0.15, 0.2) is 12.4 Å². The van der Waals surface area contributed by atoms with Crippen LogP contribution in [0.15, 0.2) is 54.6 Å². The Kier molecular flexibility index (Phi) is 4.68. The minimum Gasteiger partial charge on any atom is -0.482 e. The number of aliphatic hydroxyl groups excluding tert-OH is 1. The lowest BCUT2D eigenvalue weighted by Gasteiger charge is -2.10. The van der Waals surface area contributed by atoms with Crippen molar-refractivity contribution in [3.05, 3.63) is 65.7 Å². The number of benzene rings is 2. The number of ether oxygens (including phenoxy) is 1. The molecule has 0 aliphatic carbocycles. The largest absolute Gasteiger partial charge is 0.482 e. The normalized spacial score (nSPS) is 11.7. The van der Waals surface area contributed by atoms with Gasteiger partial charge in [0.05, 0.1) is 0 Å². The Labute approximate surface area is 121 Å². The maximum atomic E-state index is 12.1. The average molecular weight is 286 g/mol. The van der Waals surface area contributed by atoms with Gasteiger partial charge in [0.2, 0.25) is 0 Å². The number of aliphatic hydroxyl groups is 1. The summed E-state index contributed by atoms with van der Waals surface area (Å²) in [5, 5.41) is 18.5. The second-order valence-corrected chi connectivity index (χ2v) is 4.38. The molecular formula is C16H14O5. The van der Waals surface area contributed by atoms with Crippen LogP contribution in [0.4, 0.5) is 0 Å². The van der Waals surface area contributed by atoms with E-state index in [9.17, 15) is 14.7 Å². The molecule has 0 amide bonds. The van der Waals surface area contributed by atoms with E-state index in [2.05, 4.69) is 0 Å². The monoisotopic (exact) mass is 286 g/mol. The highest BCUT2D eigenvalue weighted by Gasteiger charge is 2.18. The first-order valence-corrected chi connectivity index (χ1v) is 6.30. The van der Waals surface area contributed by atoms with Crippen molar-refractivity contribution in [2.24, 2.45) is 0 Å². The van der Waals surface area contributed by atoms with Crippen LogP contribution in [0.2, 0.25) is 0 Å². The number of Topliss-reactive ketones (excluding diaryl/α,β-unsaturated/α-hetero) is 1. The van der Waals surface area contributed by atoms with Crippen molar-refractivity contribution < 1.29 is 24.5 Å². The number of carboxylic acid groups (broad SMARTS) is 1. The summed E-state index contributed by atoms with van der Waals surface area (Å²) in [4.78, 5) is 22.5. The molecule has 0 aromatic heterocycles. The molecule has 0 saturated carbocycles. The lowest BCUT2D eigenvalue weighted by atomic mass is 10.00. The number of carboxylic acids is 1. The van der Waals surface area contributed by atoms with Crippen LogP contribution in [0.25, 0.3) is 0 Å². The number of ketones is 1. The highest BCUT2D eigenvalue weighted by Crippen LogP contribution is 2.20. The molecule has 0 aliphatic heterocycles. The number of carbonyl (C=O) groups excluding carboxylic acids is 1. The van der Waals surface area contributed by atoms with Crippen molar-refractivity contribution in [1.29, 1.82) is 0 Å². The van der Waals surface area contributed by atoms with Crippen molar-refractivity contribution >= 4 is 11.8 Å². The average Bonchev–Trinajstić information content (AvgIpc) is 2.53. The molecule has 1 atom stereocenters. The van der Waals surface area contributed by atoms with Gasteiger partial charge in [-0.25, -0.2) is 4.79 Å². The van der Waals surface area contributed by atoms with Crippen molar-refractivity contribution in [2.75, 3.05) is 6.61 Å². The summed E-state index contributed by atoms with van der Waals surface area (Å²) >= 11 is 0. The summed E-state index contributed by atoms with van der Waals surface area (Å²) in [6, 6.07) is 14.6. The molecule has 21 heavy (non-hydrogen) atoms.